The lowest BCUT2D eigenvalue weighted by Gasteiger charge is -2.18. The topological polar surface area (TPSA) is 67.2 Å². The zero-order valence-electron chi connectivity index (χ0n) is 13.8. The van der Waals surface area contributed by atoms with E-state index in [4.69, 9.17) is 0 Å². The number of aromatic nitrogens is 2. The number of carbonyl (C=O) groups excluding carboxylic acids is 1. The van der Waals surface area contributed by atoms with Gasteiger partial charge in [0.15, 0.2) is 0 Å². The molecule has 0 fully saturated rings. The highest BCUT2D eigenvalue weighted by molar-refractivity contribution is 7.08. The molecule has 1 aliphatic heterocycles. The number of fused-ring (bicyclic) bond motifs is 1. The van der Waals surface area contributed by atoms with E-state index < -0.39 is 0 Å². The summed E-state index contributed by atoms with van der Waals surface area (Å²) in [6.45, 7) is 5.82. The first-order chi connectivity index (χ1) is 11.7. The molecule has 24 heavy (non-hydrogen) atoms. The molecule has 0 atom stereocenters. The van der Waals surface area contributed by atoms with Crippen LogP contribution in [-0.2, 0) is 19.6 Å². The van der Waals surface area contributed by atoms with Crippen LogP contribution in [0.3, 0.4) is 0 Å². The fourth-order valence-corrected chi connectivity index (χ4v) is 3.60. The molecule has 0 radical (unpaired) electrons. The Morgan fingerprint density at radius 1 is 1.42 bits per heavy atom. The molecule has 0 unspecified atom stereocenters. The average molecular weight is 346 g/mol. The van der Waals surface area contributed by atoms with Crippen molar-refractivity contribution in [2.75, 3.05) is 13.1 Å². The number of amides is 1. The monoisotopic (exact) mass is 346 g/mol. The normalized spacial score (nSPS) is 14.9. The fraction of sp³-hybridized carbons (Fsp3) is 0.471. The maximum absolute atomic E-state index is 12.4. The van der Waals surface area contributed by atoms with Crippen LogP contribution in [0.2, 0.25) is 0 Å². The highest BCUT2D eigenvalue weighted by atomic mass is 32.1. The van der Waals surface area contributed by atoms with Crippen molar-refractivity contribution in [1.82, 2.24) is 19.8 Å². The molecule has 7 heteroatoms. The maximum Gasteiger partial charge on any atom is 0.253 e. The van der Waals surface area contributed by atoms with Crippen molar-refractivity contribution in [2.24, 2.45) is 0 Å². The standard InChI is InChI=1S/C17H22N4O2S/c1-2-5-20-6-3-7-21-15(11-20)19-14(9-16(21)22)10-18-17(23)13-4-8-24-12-13/h4,8-9,12H,2-3,5-7,10-11H2,1H3,(H,18,23). The predicted octanol–water partition coefficient (Wildman–Crippen LogP) is 1.85. The van der Waals surface area contributed by atoms with E-state index >= 15 is 0 Å². The van der Waals surface area contributed by atoms with Gasteiger partial charge >= 0.3 is 0 Å². The van der Waals surface area contributed by atoms with Gasteiger partial charge in [0, 0.05) is 30.1 Å². The van der Waals surface area contributed by atoms with Gasteiger partial charge in [0.05, 0.1) is 18.8 Å². The van der Waals surface area contributed by atoms with Crippen molar-refractivity contribution < 1.29 is 4.79 Å². The Morgan fingerprint density at radius 2 is 2.29 bits per heavy atom. The van der Waals surface area contributed by atoms with Gasteiger partial charge in [-0.3, -0.25) is 19.1 Å². The van der Waals surface area contributed by atoms with Gasteiger partial charge in [0.25, 0.3) is 11.5 Å². The van der Waals surface area contributed by atoms with Crippen molar-refractivity contribution >= 4 is 17.2 Å². The summed E-state index contributed by atoms with van der Waals surface area (Å²) in [5, 5.41) is 6.50. The smallest absolute Gasteiger partial charge is 0.253 e. The quantitative estimate of drug-likeness (QED) is 0.897. The van der Waals surface area contributed by atoms with E-state index in [-0.39, 0.29) is 18.0 Å². The Morgan fingerprint density at radius 3 is 3.04 bits per heavy atom. The van der Waals surface area contributed by atoms with Crippen LogP contribution in [0.25, 0.3) is 0 Å². The van der Waals surface area contributed by atoms with Crippen LogP contribution in [-0.4, -0.2) is 33.4 Å². The highest BCUT2D eigenvalue weighted by Crippen LogP contribution is 2.10. The van der Waals surface area contributed by atoms with E-state index in [9.17, 15) is 9.59 Å². The summed E-state index contributed by atoms with van der Waals surface area (Å²) in [6, 6.07) is 3.31. The van der Waals surface area contributed by atoms with Crippen LogP contribution in [0.15, 0.2) is 27.7 Å². The summed E-state index contributed by atoms with van der Waals surface area (Å²) in [5.41, 5.74) is 1.23. The third-order valence-corrected chi connectivity index (χ3v) is 4.80. The number of nitrogens with one attached hydrogen (secondary N) is 1. The Hall–Kier alpha value is -1.99. The largest absolute Gasteiger partial charge is 0.346 e. The molecule has 0 bridgehead atoms. The maximum atomic E-state index is 12.4. The number of hydrogen-bond acceptors (Lipinski definition) is 5. The third kappa shape index (κ3) is 3.91. The summed E-state index contributed by atoms with van der Waals surface area (Å²) in [4.78, 5) is 31.4. The van der Waals surface area contributed by atoms with Crippen molar-refractivity contribution in [3.8, 4) is 0 Å². The van der Waals surface area contributed by atoms with Crippen molar-refractivity contribution in [3.05, 3.63) is 50.3 Å². The minimum atomic E-state index is -0.138. The number of thiophene rings is 1. The molecule has 2 aromatic rings. The second-order valence-corrected chi connectivity index (χ2v) is 6.76. The van der Waals surface area contributed by atoms with Gasteiger partial charge < -0.3 is 5.32 Å². The van der Waals surface area contributed by atoms with Gasteiger partial charge in [0.1, 0.15) is 5.82 Å². The molecule has 2 aromatic heterocycles. The van der Waals surface area contributed by atoms with E-state index in [0.29, 0.717) is 24.3 Å². The van der Waals surface area contributed by atoms with E-state index in [1.165, 1.54) is 17.4 Å². The van der Waals surface area contributed by atoms with Gasteiger partial charge in [-0.25, -0.2) is 4.98 Å². The number of hydrogen-bond donors (Lipinski definition) is 1. The lowest BCUT2D eigenvalue weighted by atomic mass is 10.3. The highest BCUT2D eigenvalue weighted by Gasteiger charge is 2.17. The Balaban J connectivity index is 1.74. The first-order valence-electron chi connectivity index (χ1n) is 8.29. The van der Waals surface area contributed by atoms with E-state index in [0.717, 1.165) is 31.8 Å². The number of rotatable bonds is 5. The van der Waals surface area contributed by atoms with Crippen LogP contribution in [0.1, 0.15) is 41.6 Å². The van der Waals surface area contributed by atoms with E-state index in [1.807, 2.05) is 5.38 Å². The lowest BCUT2D eigenvalue weighted by Crippen LogP contribution is -2.30. The molecule has 1 N–H and O–H groups in total. The average Bonchev–Trinajstić information content (AvgIpc) is 3.02. The third-order valence-electron chi connectivity index (χ3n) is 4.11. The molecule has 3 heterocycles. The minimum absolute atomic E-state index is 0.0295. The van der Waals surface area contributed by atoms with E-state index in [2.05, 4.69) is 22.1 Å². The van der Waals surface area contributed by atoms with Crippen molar-refractivity contribution in [1.29, 1.82) is 0 Å². The number of carbonyl (C=O) groups is 1. The molecule has 1 amide bonds. The zero-order chi connectivity index (χ0) is 16.9. The van der Waals surface area contributed by atoms with E-state index in [1.54, 1.807) is 16.0 Å². The summed E-state index contributed by atoms with van der Waals surface area (Å²) in [6.07, 6.45) is 2.05. The Bertz CT molecular complexity index is 754. The van der Waals surface area contributed by atoms with Crippen molar-refractivity contribution in [3.63, 3.8) is 0 Å². The molecular weight excluding hydrogens is 324 g/mol. The summed E-state index contributed by atoms with van der Waals surface area (Å²) >= 11 is 1.48. The van der Waals surface area contributed by atoms with Crippen LogP contribution in [0.4, 0.5) is 0 Å². The Kier molecular flexibility index (Phi) is 5.42. The molecule has 0 spiro atoms. The van der Waals surface area contributed by atoms with Crippen molar-refractivity contribution in [2.45, 2.75) is 39.4 Å². The molecule has 0 aliphatic carbocycles. The second kappa shape index (κ2) is 7.72. The van der Waals surface area contributed by atoms with Gasteiger partial charge in [-0.2, -0.15) is 11.3 Å². The lowest BCUT2D eigenvalue weighted by molar-refractivity contribution is 0.0950. The molecular formula is C17H22N4O2S. The number of nitrogens with zero attached hydrogens (tertiary/aromatic N) is 3. The molecule has 128 valence electrons. The molecule has 3 rings (SSSR count). The molecule has 6 nitrogen and oxygen atoms in total. The van der Waals surface area contributed by atoms with Crippen LogP contribution >= 0.6 is 11.3 Å². The van der Waals surface area contributed by atoms with Crippen LogP contribution < -0.4 is 10.9 Å². The molecule has 0 saturated heterocycles. The summed E-state index contributed by atoms with van der Waals surface area (Å²) < 4.78 is 1.76. The van der Waals surface area contributed by atoms with Crippen LogP contribution in [0.5, 0.6) is 0 Å². The summed E-state index contributed by atoms with van der Waals surface area (Å²) in [7, 11) is 0. The summed E-state index contributed by atoms with van der Waals surface area (Å²) in [5.74, 6) is 0.661. The molecule has 1 aliphatic rings. The van der Waals surface area contributed by atoms with Gasteiger partial charge in [-0.05, 0) is 30.8 Å². The minimum Gasteiger partial charge on any atom is -0.346 e. The van der Waals surface area contributed by atoms with Crippen LogP contribution in [0, 0.1) is 0 Å². The zero-order valence-corrected chi connectivity index (χ0v) is 14.6. The molecule has 0 saturated carbocycles. The first kappa shape index (κ1) is 16.9. The van der Waals surface area contributed by atoms with Gasteiger partial charge in [-0.1, -0.05) is 6.92 Å². The van der Waals surface area contributed by atoms with Gasteiger partial charge in [0.2, 0.25) is 0 Å². The predicted molar refractivity (Wildman–Crippen MR) is 94.2 cm³/mol. The fourth-order valence-electron chi connectivity index (χ4n) is 2.96. The van der Waals surface area contributed by atoms with Gasteiger partial charge in [-0.15, -0.1) is 0 Å². The first-order valence-corrected chi connectivity index (χ1v) is 9.24. The Labute approximate surface area is 145 Å². The molecule has 0 aromatic carbocycles. The SMILES string of the molecule is CCCN1CCCn2c(nc(CNC(=O)c3ccsc3)cc2=O)C1. The second-order valence-electron chi connectivity index (χ2n) is 5.98.